The first-order valence-corrected chi connectivity index (χ1v) is 8.07. The number of benzene rings is 1. The van der Waals surface area contributed by atoms with E-state index in [4.69, 9.17) is 5.73 Å². The van der Waals surface area contributed by atoms with Crippen LogP contribution in [0.1, 0.15) is 19.3 Å². The molecule has 7 nitrogen and oxygen atoms in total. The van der Waals surface area contributed by atoms with Crippen molar-refractivity contribution in [3.63, 3.8) is 0 Å². The summed E-state index contributed by atoms with van der Waals surface area (Å²) in [6.07, 6.45) is 2.94. The summed E-state index contributed by atoms with van der Waals surface area (Å²) in [5.74, 6) is -0.449. The number of carbonyl (C=O) groups is 2. The van der Waals surface area contributed by atoms with E-state index in [1.165, 1.54) is 10.9 Å². The molecule has 1 fully saturated rings. The predicted molar refractivity (Wildman–Crippen MR) is 89.1 cm³/mol. The van der Waals surface area contributed by atoms with Gasteiger partial charge in [0.2, 0.25) is 11.8 Å². The average molecular weight is 328 g/mol. The van der Waals surface area contributed by atoms with Crippen LogP contribution in [0, 0.1) is 5.92 Å². The van der Waals surface area contributed by atoms with Crippen molar-refractivity contribution < 1.29 is 9.59 Å². The third kappa shape index (κ3) is 3.29. The molecule has 0 saturated carbocycles. The van der Waals surface area contributed by atoms with Gasteiger partial charge in [0, 0.05) is 32.0 Å². The highest BCUT2D eigenvalue weighted by Gasteiger charge is 2.25. The van der Waals surface area contributed by atoms with Crippen LogP contribution in [0.4, 0.5) is 0 Å². The molecule has 2 amide bonds. The molecule has 1 aliphatic heterocycles. The lowest BCUT2D eigenvalue weighted by Crippen LogP contribution is -2.42. The lowest BCUT2D eigenvalue weighted by Gasteiger charge is -2.30. The maximum atomic E-state index is 12.4. The maximum Gasteiger partial charge on any atom is 0.261 e. The Morgan fingerprint density at radius 2 is 1.92 bits per heavy atom. The Kier molecular flexibility index (Phi) is 4.59. The van der Waals surface area contributed by atoms with Gasteiger partial charge in [-0.2, -0.15) is 0 Å². The predicted octanol–water partition coefficient (Wildman–Crippen LogP) is 0.510. The van der Waals surface area contributed by atoms with Gasteiger partial charge in [-0.1, -0.05) is 12.1 Å². The van der Waals surface area contributed by atoms with Crippen molar-refractivity contribution in [2.24, 2.45) is 11.7 Å². The minimum atomic E-state index is -0.295. The van der Waals surface area contributed by atoms with Crippen LogP contribution in [-0.2, 0) is 16.1 Å². The van der Waals surface area contributed by atoms with Gasteiger partial charge >= 0.3 is 0 Å². The second-order valence-corrected chi connectivity index (χ2v) is 6.07. The summed E-state index contributed by atoms with van der Waals surface area (Å²) in [6.45, 7) is 1.37. The first kappa shape index (κ1) is 16.2. The Bertz CT molecular complexity index is 822. The first-order chi connectivity index (χ1) is 11.6. The fourth-order valence-electron chi connectivity index (χ4n) is 3.05. The second kappa shape index (κ2) is 6.82. The fourth-order valence-corrected chi connectivity index (χ4v) is 3.05. The van der Waals surface area contributed by atoms with Crippen LogP contribution in [0.15, 0.2) is 35.4 Å². The summed E-state index contributed by atoms with van der Waals surface area (Å²) in [7, 11) is 0. The molecule has 0 radical (unpaired) electrons. The first-order valence-electron chi connectivity index (χ1n) is 8.07. The van der Waals surface area contributed by atoms with Gasteiger partial charge in [-0.05, 0) is 25.0 Å². The summed E-state index contributed by atoms with van der Waals surface area (Å²) in [5, 5.41) is 0.551. The molecule has 126 valence electrons. The Morgan fingerprint density at radius 3 is 2.62 bits per heavy atom. The van der Waals surface area contributed by atoms with E-state index < -0.39 is 0 Å². The minimum Gasteiger partial charge on any atom is -0.369 e. The second-order valence-electron chi connectivity index (χ2n) is 6.07. The number of amides is 2. The third-order valence-electron chi connectivity index (χ3n) is 4.55. The molecule has 1 aromatic heterocycles. The molecular weight excluding hydrogens is 308 g/mol. The van der Waals surface area contributed by atoms with Gasteiger partial charge in [-0.3, -0.25) is 19.0 Å². The number of nitrogens with two attached hydrogens (primary N) is 1. The van der Waals surface area contributed by atoms with E-state index >= 15 is 0 Å². The number of fused-ring (bicyclic) bond motifs is 1. The highest BCUT2D eigenvalue weighted by molar-refractivity contribution is 5.79. The standard InChI is InChI=1S/C17H20N4O3/c18-16(23)12-5-8-20(9-6-12)15(22)7-10-21-11-19-14-4-2-1-3-13(14)17(21)24/h1-4,11-12H,5-10H2,(H2,18,23). The van der Waals surface area contributed by atoms with E-state index in [1.807, 2.05) is 6.07 Å². The van der Waals surface area contributed by atoms with E-state index in [0.29, 0.717) is 43.4 Å². The highest BCUT2D eigenvalue weighted by Crippen LogP contribution is 2.17. The number of primary amides is 1. The summed E-state index contributed by atoms with van der Waals surface area (Å²) >= 11 is 0. The van der Waals surface area contributed by atoms with Gasteiger partial charge in [0.05, 0.1) is 17.2 Å². The lowest BCUT2D eigenvalue weighted by molar-refractivity contribution is -0.135. The molecule has 0 unspecified atom stereocenters. The number of para-hydroxylation sites is 1. The molecule has 0 bridgehead atoms. The monoisotopic (exact) mass is 328 g/mol. The van der Waals surface area contributed by atoms with Crippen molar-refractivity contribution in [3.05, 3.63) is 40.9 Å². The molecule has 2 N–H and O–H groups in total. The summed E-state index contributed by atoms with van der Waals surface area (Å²) < 4.78 is 1.47. The summed E-state index contributed by atoms with van der Waals surface area (Å²) in [4.78, 5) is 41.8. The zero-order valence-electron chi connectivity index (χ0n) is 13.4. The molecule has 1 aliphatic rings. The number of hydrogen-bond donors (Lipinski definition) is 1. The van der Waals surface area contributed by atoms with Crippen molar-refractivity contribution in [1.29, 1.82) is 0 Å². The van der Waals surface area contributed by atoms with Gasteiger partial charge in [-0.25, -0.2) is 4.98 Å². The summed E-state index contributed by atoms with van der Waals surface area (Å²) in [5.41, 5.74) is 5.81. The largest absolute Gasteiger partial charge is 0.369 e. The van der Waals surface area contributed by atoms with E-state index in [2.05, 4.69) is 4.98 Å². The number of likely N-dealkylation sites (tertiary alicyclic amines) is 1. The third-order valence-corrected chi connectivity index (χ3v) is 4.55. The number of hydrogen-bond acceptors (Lipinski definition) is 4. The van der Waals surface area contributed by atoms with Crippen LogP contribution in [-0.4, -0.2) is 39.4 Å². The van der Waals surface area contributed by atoms with Crippen LogP contribution in [0.25, 0.3) is 10.9 Å². The smallest absolute Gasteiger partial charge is 0.261 e. The van der Waals surface area contributed by atoms with Crippen LogP contribution in [0.2, 0.25) is 0 Å². The number of aryl methyl sites for hydroxylation is 1. The van der Waals surface area contributed by atoms with Crippen LogP contribution >= 0.6 is 0 Å². The number of carbonyl (C=O) groups excluding carboxylic acids is 2. The molecular formula is C17H20N4O3. The van der Waals surface area contributed by atoms with Crippen LogP contribution in [0.5, 0.6) is 0 Å². The highest BCUT2D eigenvalue weighted by atomic mass is 16.2. The van der Waals surface area contributed by atoms with Crippen LogP contribution < -0.4 is 11.3 Å². The molecule has 24 heavy (non-hydrogen) atoms. The Balaban J connectivity index is 1.62. The zero-order chi connectivity index (χ0) is 17.1. The SMILES string of the molecule is NC(=O)C1CCN(C(=O)CCn2cnc3ccccc3c2=O)CC1. The van der Waals surface area contributed by atoms with E-state index in [0.717, 1.165) is 0 Å². The van der Waals surface area contributed by atoms with Gasteiger partial charge in [-0.15, -0.1) is 0 Å². The Hall–Kier alpha value is -2.70. The Morgan fingerprint density at radius 1 is 1.21 bits per heavy atom. The molecule has 2 heterocycles. The quantitative estimate of drug-likeness (QED) is 0.884. The van der Waals surface area contributed by atoms with E-state index in [9.17, 15) is 14.4 Å². The van der Waals surface area contributed by atoms with E-state index in [1.54, 1.807) is 23.1 Å². The molecule has 1 saturated heterocycles. The van der Waals surface area contributed by atoms with Gasteiger partial charge in [0.25, 0.3) is 5.56 Å². The summed E-state index contributed by atoms with van der Waals surface area (Å²) in [6, 6.07) is 7.15. The lowest BCUT2D eigenvalue weighted by atomic mass is 9.96. The topological polar surface area (TPSA) is 98.3 Å². The maximum absolute atomic E-state index is 12.4. The molecule has 0 spiro atoms. The zero-order valence-corrected chi connectivity index (χ0v) is 13.4. The Labute approximate surface area is 139 Å². The van der Waals surface area contributed by atoms with E-state index in [-0.39, 0.29) is 29.7 Å². The van der Waals surface area contributed by atoms with Crippen LogP contribution in [0.3, 0.4) is 0 Å². The molecule has 1 aromatic carbocycles. The molecule has 3 rings (SSSR count). The number of piperidine rings is 1. The van der Waals surface area contributed by atoms with Crippen molar-refractivity contribution >= 4 is 22.7 Å². The molecule has 0 aliphatic carbocycles. The number of rotatable bonds is 4. The number of aromatic nitrogens is 2. The van der Waals surface area contributed by atoms with Crippen molar-refractivity contribution in [2.75, 3.05) is 13.1 Å². The fraction of sp³-hybridized carbons (Fsp3) is 0.412. The van der Waals surface area contributed by atoms with Crippen molar-refractivity contribution in [3.8, 4) is 0 Å². The minimum absolute atomic E-state index is 0.0158. The normalized spacial score (nSPS) is 15.6. The molecule has 2 aromatic rings. The van der Waals surface area contributed by atoms with Gasteiger partial charge in [0.15, 0.2) is 0 Å². The average Bonchev–Trinajstić information content (AvgIpc) is 2.61. The molecule has 0 atom stereocenters. The van der Waals surface area contributed by atoms with Gasteiger partial charge < -0.3 is 10.6 Å². The van der Waals surface area contributed by atoms with Gasteiger partial charge in [0.1, 0.15) is 0 Å². The number of nitrogens with zero attached hydrogens (tertiary/aromatic N) is 3. The van der Waals surface area contributed by atoms with Crippen molar-refractivity contribution in [1.82, 2.24) is 14.5 Å². The molecule has 7 heteroatoms. The van der Waals surface area contributed by atoms with Crippen molar-refractivity contribution in [2.45, 2.75) is 25.8 Å².